The standard InChI is InChI=1S/C26H32N.C25H28N.C25H30N.C24H28N/c1-18-14-25(27(7)17-22(18)16-26(4,5)6)24-15-23(19(2)13-20(24)3)21-11-9-8-10-12-21;1-18-13-14-22(20-9-5-4-6-10-20)16-23(18)25-15-19(2)24(17-26(25)3)21-11-7-8-12-21;1-17(2)12-22-16-26(6)25(14-18(22)3)24-15-23(19(4)13-20(24)5)21-10-8-7-9-11-21;1-16(2)23-15-25(6)24(13-19(23)5)22-14-21(17(3)12-18(22)4)20-10-8-7-9-11-20/h8-15,17H,16H2,1-7H3;4-6,9-10,13-17,21H,7-8,11-12H2,1-3H3;7-11,13-17H,12H2,1-6H3;7-16H,1-6H3/q4*+1. The molecule has 0 bridgehead atoms. The summed E-state index contributed by atoms with van der Waals surface area (Å²) < 4.78 is 9.18. The minimum Gasteiger partial charge on any atom is -0.201 e. The van der Waals surface area contributed by atoms with Crippen LogP contribution in [0, 0.1) is 87.5 Å². The molecule has 4 nitrogen and oxygen atoms in total. The number of rotatable bonds is 13. The summed E-state index contributed by atoms with van der Waals surface area (Å²) in [5.41, 5.74) is 41.7. The number of hydrogen-bond acceptors (Lipinski definition) is 0. The van der Waals surface area contributed by atoms with E-state index in [1.54, 1.807) is 5.56 Å². The number of nitrogens with zero attached hydrogens (tertiary/aromatic N) is 4. The minimum absolute atomic E-state index is 0.291. The molecule has 4 aromatic heterocycles. The lowest BCUT2D eigenvalue weighted by Crippen LogP contribution is -2.32. The smallest absolute Gasteiger partial charge is 0.201 e. The fourth-order valence-electron chi connectivity index (χ4n) is 15.8. The Labute approximate surface area is 626 Å². The lowest BCUT2D eigenvalue weighted by Gasteiger charge is -2.19. The first-order valence-electron chi connectivity index (χ1n) is 38.2. The monoisotopic (exact) mass is 1370 g/mol. The normalized spacial score (nSPS) is 12.2. The van der Waals surface area contributed by atoms with Gasteiger partial charge in [0.05, 0.1) is 0 Å². The molecule has 104 heavy (non-hydrogen) atoms. The van der Waals surface area contributed by atoms with Crippen LogP contribution in [0.3, 0.4) is 0 Å². The van der Waals surface area contributed by atoms with Gasteiger partial charge in [-0.25, -0.2) is 18.3 Å². The molecule has 534 valence electrons. The molecule has 13 rings (SSSR count). The Morgan fingerprint density at radius 1 is 0.317 bits per heavy atom. The summed E-state index contributed by atoms with van der Waals surface area (Å²) in [5, 5.41) is 0. The highest BCUT2D eigenvalue weighted by atomic mass is 14.9. The lowest BCUT2D eigenvalue weighted by atomic mass is 9.86. The van der Waals surface area contributed by atoms with Gasteiger partial charge in [-0.15, -0.1) is 0 Å². The zero-order valence-electron chi connectivity index (χ0n) is 67.1. The second kappa shape index (κ2) is 33.9. The van der Waals surface area contributed by atoms with E-state index in [2.05, 4.69) is 396 Å². The van der Waals surface area contributed by atoms with Crippen LogP contribution in [0.2, 0.25) is 0 Å². The number of aromatic nitrogens is 4. The van der Waals surface area contributed by atoms with Gasteiger partial charge in [-0.05, 0) is 255 Å². The highest BCUT2D eigenvalue weighted by molar-refractivity contribution is 5.79. The summed E-state index contributed by atoms with van der Waals surface area (Å²) in [6.45, 7) is 40.4. The third-order valence-electron chi connectivity index (χ3n) is 21.4. The zero-order valence-corrected chi connectivity index (χ0v) is 67.1. The summed E-state index contributed by atoms with van der Waals surface area (Å²) >= 11 is 0. The molecule has 0 spiro atoms. The van der Waals surface area contributed by atoms with E-state index in [1.165, 1.54) is 193 Å². The molecule has 4 heteroatoms. The van der Waals surface area contributed by atoms with Crippen molar-refractivity contribution in [2.75, 3.05) is 0 Å². The zero-order chi connectivity index (χ0) is 74.8. The molecule has 0 atom stereocenters. The van der Waals surface area contributed by atoms with Crippen LogP contribution in [0.4, 0.5) is 0 Å². The van der Waals surface area contributed by atoms with Gasteiger partial charge in [0.2, 0.25) is 22.8 Å². The predicted molar refractivity (Wildman–Crippen MR) is 443 cm³/mol. The second-order valence-corrected chi connectivity index (χ2v) is 32.2. The Balaban J connectivity index is 0.000000149. The first kappa shape index (κ1) is 77.0. The van der Waals surface area contributed by atoms with Crippen LogP contribution in [0.1, 0.15) is 169 Å². The van der Waals surface area contributed by atoms with Crippen molar-refractivity contribution in [3.8, 4) is 89.5 Å². The fraction of sp³-hybridized carbons (Fsp3) is 0.320. The molecule has 8 aromatic carbocycles. The maximum Gasteiger partial charge on any atom is 0.212 e. The van der Waals surface area contributed by atoms with Crippen molar-refractivity contribution in [1.29, 1.82) is 0 Å². The van der Waals surface area contributed by atoms with Gasteiger partial charge < -0.3 is 0 Å². The van der Waals surface area contributed by atoms with E-state index in [1.807, 2.05) is 0 Å². The van der Waals surface area contributed by atoms with Crippen LogP contribution in [0.5, 0.6) is 0 Å². The van der Waals surface area contributed by atoms with Crippen molar-refractivity contribution in [1.82, 2.24) is 0 Å². The van der Waals surface area contributed by atoms with E-state index in [-0.39, 0.29) is 0 Å². The molecular formula is C100H118N4+4. The lowest BCUT2D eigenvalue weighted by molar-refractivity contribution is -0.661. The van der Waals surface area contributed by atoms with Crippen LogP contribution >= 0.6 is 0 Å². The van der Waals surface area contributed by atoms with Crippen LogP contribution in [0.15, 0.2) is 225 Å². The highest BCUT2D eigenvalue weighted by Crippen LogP contribution is 2.39. The van der Waals surface area contributed by atoms with E-state index in [4.69, 9.17) is 0 Å². The largest absolute Gasteiger partial charge is 0.212 e. The average molecular weight is 1380 g/mol. The Kier molecular flexibility index (Phi) is 25.1. The maximum absolute atomic E-state index is 2.39. The van der Waals surface area contributed by atoms with Crippen LogP contribution < -0.4 is 18.3 Å². The molecule has 4 heterocycles. The van der Waals surface area contributed by atoms with Crippen molar-refractivity contribution in [3.63, 3.8) is 0 Å². The van der Waals surface area contributed by atoms with E-state index in [0.29, 0.717) is 17.3 Å². The molecule has 1 aliphatic carbocycles. The third-order valence-corrected chi connectivity index (χ3v) is 21.4. The number of aryl methyl sites for hydroxylation is 15. The molecule has 0 radical (unpaired) electrons. The van der Waals surface area contributed by atoms with Crippen LogP contribution in [0.25, 0.3) is 89.5 Å². The Morgan fingerprint density at radius 2 is 0.663 bits per heavy atom. The van der Waals surface area contributed by atoms with Gasteiger partial charge in [0.25, 0.3) is 0 Å². The fourth-order valence-corrected chi connectivity index (χ4v) is 15.8. The van der Waals surface area contributed by atoms with Gasteiger partial charge in [0.15, 0.2) is 24.8 Å². The Morgan fingerprint density at radius 3 is 1.07 bits per heavy atom. The van der Waals surface area contributed by atoms with Crippen molar-refractivity contribution in [2.24, 2.45) is 39.5 Å². The first-order valence-corrected chi connectivity index (χ1v) is 38.2. The second-order valence-electron chi connectivity index (χ2n) is 32.2. The SMILES string of the molecule is Cc1cc(-c2cc(-c3ccccc3)c(C)cc2C)[n+](C)cc1CC(C)(C)C.Cc1cc(-c2cc(-c3ccccc3)c(C)cc2C)[n+](C)cc1CC(C)C.Cc1cc(C)c(-c2cc(C)c(C(C)C)c[n+]2C)cc1-c1ccccc1.Cc1ccc(-c2ccccc2)cc1-c1cc(C)c(C2CCCC2)c[n+]1C. The van der Waals surface area contributed by atoms with Crippen molar-refractivity contribution in [3.05, 3.63) is 308 Å². The molecule has 12 aromatic rings. The molecule has 0 N–H and O–H groups in total. The van der Waals surface area contributed by atoms with E-state index in [9.17, 15) is 0 Å². The van der Waals surface area contributed by atoms with E-state index < -0.39 is 0 Å². The van der Waals surface area contributed by atoms with Crippen molar-refractivity contribution in [2.45, 2.75) is 175 Å². The summed E-state index contributed by atoms with van der Waals surface area (Å²) in [6, 6.07) is 72.9. The Bertz CT molecular complexity index is 4960. The third kappa shape index (κ3) is 18.6. The van der Waals surface area contributed by atoms with Crippen LogP contribution in [-0.4, -0.2) is 0 Å². The molecule has 0 saturated heterocycles. The molecule has 0 unspecified atom stereocenters. The van der Waals surface area contributed by atoms with Crippen LogP contribution in [-0.2, 0) is 41.0 Å². The molecular weight excluding hydrogens is 1260 g/mol. The molecule has 0 amide bonds. The van der Waals surface area contributed by atoms with E-state index in [0.717, 1.165) is 18.8 Å². The molecule has 1 aliphatic rings. The predicted octanol–water partition coefficient (Wildman–Crippen LogP) is 24.3. The van der Waals surface area contributed by atoms with Gasteiger partial charge in [0, 0.05) is 68.8 Å². The van der Waals surface area contributed by atoms with Crippen molar-refractivity contribution < 1.29 is 18.3 Å². The summed E-state index contributed by atoms with van der Waals surface area (Å²) in [7, 11) is 8.69. The average Bonchev–Trinajstić information content (AvgIpc) is 0.817. The van der Waals surface area contributed by atoms with Gasteiger partial charge in [-0.3, -0.25) is 0 Å². The summed E-state index contributed by atoms with van der Waals surface area (Å²) in [6.07, 6.45) is 17.0. The highest BCUT2D eigenvalue weighted by Gasteiger charge is 2.27. The van der Waals surface area contributed by atoms with Gasteiger partial charge in [-0.1, -0.05) is 213 Å². The summed E-state index contributed by atoms with van der Waals surface area (Å²) in [5.74, 6) is 1.97. The first-order chi connectivity index (χ1) is 49.5. The molecule has 1 saturated carbocycles. The van der Waals surface area contributed by atoms with Gasteiger partial charge in [0.1, 0.15) is 28.2 Å². The van der Waals surface area contributed by atoms with Gasteiger partial charge >= 0.3 is 0 Å². The molecule has 1 fully saturated rings. The minimum atomic E-state index is 0.291. The quantitative estimate of drug-likeness (QED) is 0.102. The maximum atomic E-state index is 2.39. The van der Waals surface area contributed by atoms with Gasteiger partial charge in [-0.2, -0.15) is 0 Å². The van der Waals surface area contributed by atoms with Crippen molar-refractivity contribution >= 4 is 0 Å². The topological polar surface area (TPSA) is 15.5 Å². The number of hydrogen-bond donors (Lipinski definition) is 0. The molecule has 0 aliphatic heterocycles. The Hall–Kier alpha value is -9.64. The van der Waals surface area contributed by atoms with E-state index >= 15 is 0 Å². The summed E-state index contributed by atoms with van der Waals surface area (Å²) in [4.78, 5) is 0. The number of benzene rings is 8. The number of pyridine rings is 4.